The number of carbonyl (C=O) groups excluding carboxylic acids is 1. The molecule has 4 fully saturated rings. The molecule has 2 aromatic rings. The van der Waals surface area contributed by atoms with E-state index in [9.17, 15) is 9.90 Å². The van der Waals surface area contributed by atoms with E-state index >= 15 is 0 Å². The SMILES string of the molecule is O=C(NCC1CCCC1)C12CCC(C(O)CC3c4ccccc4-c4cncn43)(CC1)CC2. The predicted molar refractivity (Wildman–Crippen MR) is 124 cm³/mol. The van der Waals surface area contributed by atoms with Crippen molar-refractivity contribution in [1.82, 2.24) is 14.9 Å². The van der Waals surface area contributed by atoms with Gasteiger partial charge in [0.05, 0.1) is 30.4 Å². The maximum absolute atomic E-state index is 13.1. The Labute approximate surface area is 190 Å². The summed E-state index contributed by atoms with van der Waals surface area (Å²) in [4.78, 5) is 17.5. The van der Waals surface area contributed by atoms with E-state index < -0.39 is 0 Å². The minimum Gasteiger partial charge on any atom is -0.392 e. The number of hydrogen-bond acceptors (Lipinski definition) is 3. The van der Waals surface area contributed by atoms with Gasteiger partial charge in [-0.3, -0.25) is 4.79 Å². The number of benzene rings is 1. The lowest BCUT2D eigenvalue weighted by molar-refractivity contribution is -0.148. The molecule has 4 aliphatic carbocycles. The second-order valence-electron chi connectivity index (χ2n) is 11.0. The van der Waals surface area contributed by atoms with Gasteiger partial charge in [-0.15, -0.1) is 0 Å². The quantitative estimate of drug-likeness (QED) is 0.684. The van der Waals surface area contributed by atoms with Gasteiger partial charge in [-0.1, -0.05) is 37.1 Å². The van der Waals surface area contributed by atoms with E-state index in [1.165, 1.54) is 36.8 Å². The summed E-state index contributed by atoms with van der Waals surface area (Å²) in [6.07, 6.45) is 15.1. The van der Waals surface area contributed by atoms with E-state index in [4.69, 9.17) is 0 Å². The van der Waals surface area contributed by atoms with E-state index in [-0.39, 0.29) is 23.0 Å². The molecule has 32 heavy (non-hydrogen) atoms. The number of carbonyl (C=O) groups is 1. The van der Waals surface area contributed by atoms with Crippen molar-refractivity contribution in [3.8, 4) is 11.3 Å². The molecule has 4 saturated carbocycles. The molecule has 5 heteroatoms. The number of rotatable bonds is 6. The predicted octanol–water partition coefficient (Wildman–Crippen LogP) is 4.85. The first-order valence-corrected chi connectivity index (χ1v) is 12.7. The summed E-state index contributed by atoms with van der Waals surface area (Å²) in [5.41, 5.74) is 3.47. The third kappa shape index (κ3) is 3.15. The van der Waals surface area contributed by atoms with Crippen molar-refractivity contribution in [3.05, 3.63) is 42.4 Å². The molecule has 2 heterocycles. The summed E-state index contributed by atoms with van der Waals surface area (Å²) in [5.74, 6) is 0.978. The van der Waals surface area contributed by atoms with E-state index in [2.05, 4.69) is 39.1 Å². The van der Waals surface area contributed by atoms with Gasteiger partial charge in [-0.2, -0.15) is 0 Å². The Kier molecular flexibility index (Phi) is 4.94. The average molecular weight is 434 g/mol. The first-order valence-electron chi connectivity index (χ1n) is 12.7. The maximum Gasteiger partial charge on any atom is 0.226 e. The van der Waals surface area contributed by atoms with Gasteiger partial charge >= 0.3 is 0 Å². The number of imidazole rings is 1. The lowest BCUT2D eigenvalue weighted by Gasteiger charge is -2.54. The Morgan fingerprint density at radius 1 is 1.12 bits per heavy atom. The van der Waals surface area contributed by atoms with Gasteiger partial charge in [-0.25, -0.2) is 4.98 Å². The van der Waals surface area contributed by atoms with Gasteiger partial charge < -0.3 is 15.0 Å². The zero-order valence-electron chi connectivity index (χ0n) is 18.9. The van der Waals surface area contributed by atoms with Crippen molar-refractivity contribution < 1.29 is 9.90 Å². The molecule has 0 saturated heterocycles. The Hall–Kier alpha value is -2.14. The van der Waals surface area contributed by atoms with Gasteiger partial charge in [-0.05, 0) is 74.7 Å². The van der Waals surface area contributed by atoms with Crippen molar-refractivity contribution in [3.63, 3.8) is 0 Å². The first-order chi connectivity index (χ1) is 15.6. The van der Waals surface area contributed by atoms with Crippen LogP contribution in [-0.2, 0) is 4.79 Å². The second-order valence-corrected chi connectivity index (χ2v) is 11.0. The van der Waals surface area contributed by atoms with Gasteiger partial charge in [0.25, 0.3) is 0 Å². The maximum atomic E-state index is 13.1. The molecule has 1 aromatic heterocycles. The molecule has 5 nitrogen and oxygen atoms in total. The van der Waals surface area contributed by atoms with Crippen LogP contribution in [0.4, 0.5) is 0 Å². The minimum absolute atomic E-state index is 0.0360. The fraction of sp³-hybridized carbons (Fsp3) is 0.630. The van der Waals surface area contributed by atoms with Crippen LogP contribution in [0.2, 0.25) is 0 Å². The Morgan fingerprint density at radius 3 is 2.59 bits per heavy atom. The number of fused-ring (bicyclic) bond motifs is 6. The van der Waals surface area contributed by atoms with Crippen molar-refractivity contribution >= 4 is 5.91 Å². The molecule has 7 rings (SSSR count). The Bertz CT molecular complexity index is 981. The molecule has 170 valence electrons. The van der Waals surface area contributed by atoms with Crippen molar-refractivity contribution in [2.75, 3.05) is 6.54 Å². The third-order valence-corrected chi connectivity index (χ3v) is 9.56. The molecule has 2 bridgehead atoms. The Morgan fingerprint density at radius 2 is 1.84 bits per heavy atom. The highest BCUT2D eigenvalue weighted by molar-refractivity contribution is 5.83. The van der Waals surface area contributed by atoms with Crippen LogP contribution in [0.1, 0.15) is 82.2 Å². The summed E-state index contributed by atoms with van der Waals surface area (Å²) >= 11 is 0. The minimum atomic E-state index is -0.353. The van der Waals surface area contributed by atoms with E-state index in [1.807, 2.05) is 12.5 Å². The highest BCUT2D eigenvalue weighted by Gasteiger charge is 2.55. The molecule has 0 spiro atoms. The summed E-state index contributed by atoms with van der Waals surface area (Å²) < 4.78 is 2.23. The summed E-state index contributed by atoms with van der Waals surface area (Å²) in [7, 11) is 0. The van der Waals surface area contributed by atoms with Gasteiger partial charge in [0, 0.05) is 17.5 Å². The highest BCUT2D eigenvalue weighted by atomic mass is 16.3. The van der Waals surface area contributed by atoms with Crippen LogP contribution >= 0.6 is 0 Å². The number of nitrogens with zero attached hydrogens (tertiary/aromatic N) is 2. The van der Waals surface area contributed by atoms with Gasteiger partial charge in [0.2, 0.25) is 5.91 Å². The van der Waals surface area contributed by atoms with Gasteiger partial charge in [0.1, 0.15) is 0 Å². The number of aliphatic hydroxyl groups excluding tert-OH is 1. The monoisotopic (exact) mass is 433 g/mol. The fourth-order valence-corrected chi connectivity index (χ4v) is 7.33. The van der Waals surface area contributed by atoms with Crippen LogP contribution in [0, 0.1) is 16.7 Å². The van der Waals surface area contributed by atoms with Crippen molar-refractivity contribution in [2.45, 2.75) is 82.8 Å². The van der Waals surface area contributed by atoms with Crippen LogP contribution in [0.5, 0.6) is 0 Å². The fourth-order valence-electron chi connectivity index (χ4n) is 7.33. The second kappa shape index (κ2) is 7.72. The summed E-state index contributed by atoms with van der Waals surface area (Å²) in [6, 6.07) is 8.67. The number of hydrogen-bond donors (Lipinski definition) is 2. The van der Waals surface area contributed by atoms with Crippen LogP contribution in [0.3, 0.4) is 0 Å². The molecular formula is C27H35N3O2. The lowest BCUT2D eigenvalue weighted by atomic mass is 9.51. The number of amides is 1. The van der Waals surface area contributed by atoms with E-state index in [0.29, 0.717) is 11.8 Å². The molecule has 2 N–H and O–H groups in total. The highest BCUT2D eigenvalue weighted by Crippen LogP contribution is 2.59. The molecule has 2 unspecified atom stereocenters. The normalized spacial score (nSPS) is 32.0. The number of nitrogens with one attached hydrogen (secondary N) is 1. The number of aliphatic hydroxyl groups is 1. The van der Waals surface area contributed by atoms with E-state index in [0.717, 1.165) is 57.2 Å². The van der Waals surface area contributed by atoms with E-state index in [1.54, 1.807) is 0 Å². The molecule has 1 amide bonds. The molecule has 5 aliphatic rings. The molecule has 1 aliphatic heterocycles. The molecular weight excluding hydrogens is 398 g/mol. The van der Waals surface area contributed by atoms with Crippen molar-refractivity contribution in [1.29, 1.82) is 0 Å². The zero-order chi connectivity index (χ0) is 21.8. The first kappa shape index (κ1) is 20.5. The van der Waals surface area contributed by atoms with Crippen LogP contribution < -0.4 is 5.32 Å². The van der Waals surface area contributed by atoms with Crippen molar-refractivity contribution in [2.24, 2.45) is 16.7 Å². The average Bonchev–Trinajstić information content (AvgIpc) is 3.58. The molecule has 1 aromatic carbocycles. The van der Waals surface area contributed by atoms with Crippen LogP contribution in [0.25, 0.3) is 11.3 Å². The molecule has 2 atom stereocenters. The smallest absolute Gasteiger partial charge is 0.226 e. The standard InChI is InChI=1S/C27H35N3O2/c31-24(15-22-20-7-3-4-8-21(20)23-17-28-18-30(22)23)26-9-12-27(13-10-26,14-11-26)25(32)29-16-19-5-1-2-6-19/h3-4,7-8,17-19,22,24,31H,1-2,5-6,9-16H2,(H,29,32). The Balaban J connectivity index is 1.13. The zero-order valence-corrected chi connectivity index (χ0v) is 18.9. The topological polar surface area (TPSA) is 67.2 Å². The summed E-state index contributed by atoms with van der Waals surface area (Å²) in [5, 5.41) is 14.9. The third-order valence-electron chi connectivity index (χ3n) is 9.56. The van der Waals surface area contributed by atoms with Crippen LogP contribution in [0.15, 0.2) is 36.8 Å². The van der Waals surface area contributed by atoms with Gasteiger partial charge in [0.15, 0.2) is 0 Å². The summed E-state index contributed by atoms with van der Waals surface area (Å²) in [6.45, 7) is 0.864. The number of aromatic nitrogens is 2. The lowest BCUT2D eigenvalue weighted by Crippen LogP contribution is -2.54. The molecule has 0 radical (unpaired) electrons. The largest absolute Gasteiger partial charge is 0.392 e. The van der Waals surface area contributed by atoms with Crippen LogP contribution in [-0.4, -0.2) is 33.2 Å².